The van der Waals surface area contributed by atoms with Gasteiger partial charge < -0.3 is 10.3 Å². The Hall–Kier alpha value is -0.490. The van der Waals surface area contributed by atoms with Crippen molar-refractivity contribution in [1.29, 1.82) is 0 Å². The van der Waals surface area contributed by atoms with Crippen LogP contribution in [0, 0.1) is 23.7 Å². The van der Waals surface area contributed by atoms with Gasteiger partial charge >= 0.3 is 0 Å². The lowest BCUT2D eigenvalue weighted by molar-refractivity contribution is 0.202. The summed E-state index contributed by atoms with van der Waals surface area (Å²) in [5.41, 5.74) is 2.75. The van der Waals surface area contributed by atoms with E-state index in [9.17, 15) is 0 Å². The second-order valence-electron chi connectivity index (χ2n) is 9.18. The molecule has 0 aromatic heterocycles. The van der Waals surface area contributed by atoms with Crippen LogP contribution in [0.2, 0.25) is 0 Å². The first-order valence-corrected chi connectivity index (χ1v) is 13.5. The molecule has 1 saturated heterocycles. The standard InChI is InChI=1S/C24H26Br2N2S/c25-15-1-2-16-14(7-15)9-18-21(16)11-28-12-23(18)29-24-19-8-13-5-6-27-10-20(13)17(19)3-4-22(24)26/h1-2,7,9,11-13,17,19-20,22,24,27-28H,3-6,8,10H2. The van der Waals surface area contributed by atoms with Crippen molar-refractivity contribution >= 4 is 54.4 Å². The normalized spacial score (nSPS) is 34.4. The van der Waals surface area contributed by atoms with Gasteiger partial charge in [-0.3, -0.25) is 0 Å². The number of H-pyrrole nitrogens is 1. The molecule has 3 fully saturated rings. The van der Waals surface area contributed by atoms with Gasteiger partial charge in [0.25, 0.3) is 0 Å². The average molecular weight is 534 g/mol. The summed E-state index contributed by atoms with van der Waals surface area (Å²) >= 11 is 9.87. The maximum absolute atomic E-state index is 4.10. The maximum atomic E-state index is 4.10. The third-order valence-electron chi connectivity index (χ3n) is 7.77. The Kier molecular flexibility index (Phi) is 5.02. The van der Waals surface area contributed by atoms with E-state index in [1.807, 2.05) is 0 Å². The number of aromatic nitrogens is 1. The van der Waals surface area contributed by atoms with Crippen LogP contribution in [-0.2, 0) is 0 Å². The molecular formula is C24H26Br2N2S. The summed E-state index contributed by atoms with van der Waals surface area (Å²) in [5, 5.41) is 7.02. The minimum absolute atomic E-state index is 0.621. The molecule has 5 aliphatic rings. The molecule has 2 nitrogen and oxygen atoms in total. The molecule has 0 radical (unpaired) electrons. The molecule has 2 N–H and O–H groups in total. The van der Waals surface area contributed by atoms with E-state index in [1.165, 1.54) is 65.6 Å². The number of piperidine rings is 1. The number of hydrogen-bond donors (Lipinski definition) is 2. The van der Waals surface area contributed by atoms with E-state index in [0.717, 1.165) is 28.1 Å². The Balaban J connectivity index is 1.35. The van der Waals surface area contributed by atoms with E-state index < -0.39 is 0 Å². The van der Waals surface area contributed by atoms with Crippen LogP contribution < -0.4 is 5.32 Å². The first kappa shape index (κ1) is 19.2. The monoisotopic (exact) mass is 532 g/mol. The molecule has 6 atom stereocenters. The number of aromatic amines is 1. The third kappa shape index (κ3) is 3.22. The summed E-state index contributed by atoms with van der Waals surface area (Å²) in [6.45, 7) is 2.47. The molecule has 5 heteroatoms. The van der Waals surface area contributed by atoms with Gasteiger partial charge in [-0.2, -0.15) is 0 Å². The highest BCUT2D eigenvalue weighted by Crippen LogP contribution is 2.56. The second kappa shape index (κ2) is 7.58. The van der Waals surface area contributed by atoms with Gasteiger partial charge in [-0.15, -0.1) is 11.8 Å². The summed E-state index contributed by atoms with van der Waals surface area (Å²) in [6.07, 6.45) is 9.94. The topological polar surface area (TPSA) is 27.8 Å². The van der Waals surface area contributed by atoms with Crippen LogP contribution in [0.15, 0.2) is 46.0 Å². The van der Waals surface area contributed by atoms with E-state index in [4.69, 9.17) is 0 Å². The van der Waals surface area contributed by atoms with Crippen LogP contribution >= 0.6 is 43.6 Å². The highest BCUT2D eigenvalue weighted by molar-refractivity contribution is 9.10. The molecule has 6 rings (SSSR count). The lowest BCUT2D eigenvalue weighted by Crippen LogP contribution is -2.40. The summed E-state index contributed by atoms with van der Waals surface area (Å²) in [5.74, 6) is 3.63. The van der Waals surface area contributed by atoms with Crippen molar-refractivity contribution in [2.45, 2.75) is 40.7 Å². The number of rotatable bonds is 2. The number of benzene rings is 1. The number of fused-ring (bicyclic) bond motifs is 6. The number of halogens is 2. The predicted octanol–water partition coefficient (Wildman–Crippen LogP) is 6.92. The summed E-state index contributed by atoms with van der Waals surface area (Å²) in [6, 6.07) is 9.01. The molecule has 6 unspecified atom stereocenters. The minimum atomic E-state index is 0.621. The molecular weight excluding hydrogens is 508 g/mol. The van der Waals surface area contributed by atoms with Crippen LogP contribution in [0.3, 0.4) is 0 Å². The highest BCUT2D eigenvalue weighted by atomic mass is 79.9. The smallest absolute Gasteiger partial charge is 0.0315 e. The van der Waals surface area contributed by atoms with Gasteiger partial charge in [0.1, 0.15) is 0 Å². The van der Waals surface area contributed by atoms with Gasteiger partial charge in [-0.05, 0) is 97.0 Å². The Morgan fingerprint density at radius 3 is 2.83 bits per heavy atom. The van der Waals surface area contributed by atoms with Gasteiger partial charge in [0, 0.05) is 37.4 Å². The largest absolute Gasteiger partial charge is 0.366 e. The summed E-state index contributed by atoms with van der Waals surface area (Å²) in [7, 11) is 0. The molecule has 1 aromatic carbocycles. The lowest BCUT2D eigenvalue weighted by atomic mass is 9.76. The zero-order valence-electron chi connectivity index (χ0n) is 16.3. The number of alkyl halides is 1. The third-order valence-corrected chi connectivity index (χ3v) is 11.2. The van der Waals surface area contributed by atoms with Gasteiger partial charge in [0.2, 0.25) is 0 Å². The molecule has 1 aromatic rings. The Morgan fingerprint density at radius 1 is 0.966 bits per heavy atom. The molecule has 29 heavy (non-hydrogen) atoms. The second-order valence-corrected chi connectivity index (χ2v) is 12.5. The van der Waals surface area contributed by atoms with Crippen molar-refractivity contribution < 1.29 is 0 Å². The average Bonchev–Trinajstić information content (AvgIpc) is 3.28. The van der Waals surface area contributed by atoms with E-state index in [0.29, 0.717) is 10.1 Å². The van der Waals surface area contributed by atoms with Crippen molar-refractivity contribution in [3.63, 3.8) is 0 Å². The number of thioether (sulfide) groups is 1. The molecule has 0 amide bonds. The Labute approximate surface area is 193 Å². The van der Waals surface area contributed by atoms with Crippen LogP contribution in [0.1, 0.15) is 25.7 Å². The molecule has 3 aliphatic carbocycles. The number of nitrogens with one attached hydrogen (secondary N) is 2. The van der Waals surface area contributed by atoms with E-state index in [1.54, 1.807) is 0 Å². The fourth-order valence-electron chi connectivity index (χ4n) is 6.48. The molecule has 2 aliphatic heterocycles. The van der Waals surface area contributed by atoms with Crippen molar-refractivity contribution in [3.8, 4) is 11.1 Å². The van der Waals surface area contributed by atoms with Gasteiger partial charge in [0.05, 0.1) is 0 Å². The Bertz CT molecular complexity index is 1020. The van der Waals surface area contributed by atoms with E-state index in [-0.39, 0.29) is 0 Å². The molecule has 0 spiro atoms. The van der Waals surface area contributed by atoms with Crippen molar-refractivity contribution in [3.05, 3.63) is 41.1 Å². The first-order chi connectivity index (χ1) is 14.2. The summed E-state index contributed by atoms with van der Waals surface area (Å²) in [4.78, 5) is 5.49. The van der Waals surface area contributed by atoms with Crippen LogP contribution in [0.5, 0.6) is 0 Å². The van der Waals surface area contributed by atoms with Gasteiger partial charge in [-0.1, -0.05) is 37.9 Å². The minimum Gasteiger partial charge on any atom is -0.366 e. The lowest BCUT2D eigenvalue weighted by Gasteiger charge is -2.39. The quantitative estimate of drug-likeness (QED) is 0.350. The van der Waals surface area contributed by atoms with E-state index >= 15 is 0 Å². The SMILES string of the molecule is Brc1ccc2c3c[nH]cc(SC4C(Br)CCC5C6CNCCC6CC54)c-3cc2c1. The van der Waals surface area contributed by atoms with Crippen LogP contribution in [0.4, 0.5) is 0 Å². The van der Waals surface area contributed by atoms with Gasteiger partial charge in [-0.25, -0.2) is 0 Å². The highest BCUT2D eigenvalue weighted by Gasteiger charge is 2.50. The molecule has 0 bridgehead atoms. The van der Waals surface area contributed by atoms with Crippen LogP contribution in [0.25, 0.3) is 21.9 Å². The maximum Gasteiger partial charge on any atom is 0.0315 e. The van der Waals surface area contributed by atoms with Crippen molar-refractivity contribution in [2.75, 3.05) is 13.1 Å². The van der Waals surface area contributed by atoms with Gasteiger partial charge in [0.15, 0.2) is 0 Å². The van der Waals surface area contributed by atoms with Crippen molar-refractivity contribution in [2.24, 2.45) is 23.7 Å². The fourth-order valence-corrected chi connectivity index (χ4v) is 9.34. The molecule has 152 valence electrons. The first-order valence-electron chi connectivity index (χ1n) is 10.9. The van der Waals surface area contributed by atoms with Crippen LogP contribution in [-0.4, -0.2) is 28.2 Å². The Morgan fingerprint density at radius 2 is 1.90 bits per heavy atom. The predicted molar refractivity (Wildman–Crippen MR) is 130 cm³/mol. The zero-order chi connectivity index (χ0) is 19.5. The number of pyridine rings is 1. The number of hydrogen-bond acceptors (Lipinski definition) is 2. The molecule has 2 saturated carbocycles. The molecule has 2 heterocycles. The fraction of sp³-hybridized carbons (Fsp3) is 0.500. The van der Waals surface area contributed by atoms with Crippen molar-refractivity contribution in [1.82, 2.24) is 10.3 Å². The summed E-state index contributed by atoms with van der Waals surface area (Å²) < 4.78 is 1.15. The zero-order valence-corrected chi connectivity index (χ0v) is 20.3. The van der Waals surface area contributed by atoms with E-state index in [2.05, 4.69) is 90.6 Å².